The highest BCUT2D eigenvalue weighted by atomic mass is 127. The predicted octanol–water partition coefficient (Wildman–Crippen LogP) is 5.39. The van der Waals surface area contributed by atoms with Crippen LogP contribution in [0.25, 0.3) is 11.3 Å². The van der Waals surface area contributed by atoms with Crippen molar-refractivity contribution in [3.8, 4) is 11.3 Å². The summed E-state index contributed by atoms with van der Waals surface area (Å²) in [6.45, 7) is 0.429. The highest BCUT2D eigenvalue weighted by Gasteiger charge is 2.08. The molecular weight excluding hydrogens is 457 g/mol. The normalized spacial score (nSPS) is 10.4. The number of halogens is 2. The van der Waals surface area contributed by atoms with E-state index in [1.54, 1.807) is 12.1 Å². The van der Waals surface area contributed by atoms with Gasteiger partial charge in [0, 0.05) is 26.1 Å². The molecule has 0 aliphatic heterocycles. The molecule has 0 radical (unpaired) electrons. The van der Waals surface area contributed by atoms with E-state index >= 15 is 0 Å². The topological polar surface area (TPSA) is 54.0 Å². The molecule has 24 heavy (non-hydrogen) atoms. The van der Waals surface area contributed by atoms with Gasteiger partial charge in [-0.2, -0.15) is 0 Å². The van der Waals surface area contributed by atoms with E-state index in [1.165, 1.54) is 14.9 Å². The first kappa shape index (κ1) is 17.2. The Morgan fingerprint density at radius 3 is 2.54 bits per heavy atom. The number of nitrogens with one attached hydrogen (secondary N) is 2. The number of carbonyl (C=O) groups excluding carboxylic acids is 1. The van der Waals surface area contributed by atoms with Crippen molar-refractivity contribution in [1.29, 1.82) is 0 Å². The van der Waals surface area contributed by atoms with E-state index in [2.05, 4.69) is 38.2 Å². The zero-order valence-corrected chi connectivity index (χ0v) is 16.2. The lowest BCUT2D eigenvalue weighted by atomic mass is 10.2. The summed E-state index contributed by atoms with van der Waals surface area (Å²) < 4.78 is 1.17. The number of amides is 2. The number of hydrogen-bond donors (Lipinski definition) is 2. The molecule has 3 aromatic rings. The van der Waals surface area contributed by atoms with E-state index in [4.69, 9.17) is 11.6 Å². The highest BCUT2D eigenvalue weighted by Crippen LogP contribution is 2.25. The van der Waals surface area contributed by atoms with Gasteiger partial charge in [-0.05, 0) is 52.4 Å². The highest BCUT2D eigenvalue weighted by molar-refractivity contribution is 14.1. The zero-order valence-electron chi connectivity index (χ0n) is 12.4. The van der Waals surface area contributed by atoms with Crippen molar-refractivity contribution in [1.82, 2.24) is 10.3 Å². The molecule has 0 fully saturated rings. The second-order valence-electron chi connectivity index (χ2n) is 4.98. The predicted molar refractivity (Wildman–Crippen MR) is 108 cm³/mol. The van der Waals surface area contributed by atoms with Crippen LogP contribution in [0.15, 0.2) is 53.9 Å². The summed E-state index contributed by atoms with van der Waals surface area (Å²) in [7, 11) is 0. The molecule has 7 heteroatoms. The van der Waals surface area contributed by atoms with Crippen molar-refractivity contribution in [2.24, 2.45) is 0 Å². The van der Waals surface area contributed by atoms with Gasteiger partial charge in [-0.3, -0.25) is 5.32 Å². The summed E-state index contributed by atoms with van der Waals surface area (Å²) in [5, 5.41) is 8.72. The smallest absolute Gasteiger partial charge is 0.321 e. The number of aromatic nitrogens is 1. The fourth-order valence-corrected chi connectivity index (χ4v) is 3.21. The van der Waals surface area contributed by atoms with Crippen LogP contribution in [0.5, 0.6) is 0 Å². The van der Waals surface area contributed by atoms with Gasteiger partial charge in [-0.15, -0.1) is 11.3 Å². The van der Waals surface area contributed by atoms with Crippen LogP contribution in [0, 0.1) is 3.57 Å². The van der Waals surface area contributed by atoms with Crippen molar-refractivity contribution in [3.63, 3.8) is 0 Å². The summed E-state index contributed by atoms with van der Waals surface area (Å²) in [6, 6.07) is 15.1. The standard InChI is InChI=1S/C17H13ClIN3OS/c18-13-5-1-11(2-6-13)9-20-16(23)22-17-21-15(10-24-17)12-3-7-14(19)8-4-12/h1-8,10H,9H2,(H2,20,21,22,23). The third kappa shape index (κ3) is 4.68. The Bertz CT molecular complexity index is 834. The van der Waals surface area contributed by atoms with Gasteiger partial charge in [0.05, 0.1) is 5.69 Å². The quantitative estimate of drug-likeness (QED) is 0.503. The Morgan fingerprint density at radius 1 is 1.12 bits per heavy atom. The molecule has 3 rings (SSSR count). The van der Waals surface area contributed by atoms with E-state index in [0.717, 1.165) is 16.8 Å². The third-order valence-electron chi connectivity index (χ3n) is 3.23. The fourth-order valence-electron chi connectivity index (χ4n) is 2.01. The van der Waals surface area contributed by atoms with Crippen LogP contribution in [0.4, 0.5) is 9.93 Å². The number of hydrogen-bond acceptors (Lipinski definition) is 3. The Morgan fingerprint density at radius 2 is 1.83 bits per heavy atom. The number of benzene rings is 2. The maximum atomic E-state index is 12.0. The van der Waals surface area contributed by atoms with E-state index in [-0.39, 0.29) is 6.03 Å². The fraction of sp³-hybridized carbons (Fsp3) is 0.0588. The van der Waals surface area contributed by atoms with Crippen LogP contribution < -0.4 is 10.6 Å². The first-order chi connectivity index (χ1) is 11.6. The second-order valence-corrected chi connectivity index (χ2v) is 7.52. The average molecular weight is 470 g/mol. The number of rotatable bonds is 4. The Kier molecular flexibility index (Phi) is 5.70. The van der Waals surface area contributed by atoms with Crippen molar-refractivity contribution >= 4 is 56.7 Å². The molecule has 0 aliphatic rings. The van der Waals surface area contributed by atoms with Gasteiger partial charge in [0.2, 0.25) is 0 Å². The maximum absolute atomic E-state index is 12.0. The number of thiazole rings is 1. The van der Waals surface area contributed by atoms with Crippen LogP contribution in [-0.4, -0.2) is 11.0 Å². The van der Waals surface area contributed by atoms with Crippen molar-refractivity contribution in [3.05, 3.63) is 68.1 Å². The van der Waals surface area contributed by atoms with Crippen molar-refractivity contribution in [2.45, 2.75) is 6.54 Å². The molecule has 2 amide bonds. The van der Waals surface area contributed by atoms with Crippen LogP contribution in [0.1, 0.15) is 5.56 Å². The number of carbonyl (C=O) groups is 1. The molecule has 1 aromatic heterocycles. The van der Waals surface area contributed by atoms with Crippen LogP contribution in [-0.2, 0) is 6.54 Å². The van der Waals surface area contributed by atoms with Gasteiger partial charge in [-0.1, -0.05) is 35.9 Å². The van der Waals surface area contributed by atoms with E-state index < -0.39 is 0 Å². The van der Waals surface area contributed by atoms with Crippen LogP contribution in [0.3, 0.4) is 0 Å². The molecule has 0 saturated carbocycles. The Balaban J connectivity index is 1.57. The Labute approximate surface area is 162 Å². The minimum Gasteiger partial charge on any atom is -0.334 e. The first-order valence-electron chi connectivity index (χ1n) is 7.11. The van der Waals surface area contributed by atoms with Gasteiger partial charge in [-0.25, -0.2) is 9.78 Å². The summed E-state index contributed by atoms with van der Waals surface area (Å²) >= 11 is 9.50. The molecule has 0 spiro atoms. The first-order valence-corrected chi connectivity index (χ1v) is 9.44. The van der Waals surface area contributed by atoms with Crippen LogP contribution in [0.2, 0.25) is 5.02 Å². The molecule has 0 saturated heterocycles. The van der Waals surface area contributed by atoms with Crippen molar-refractivity contribution in [2.75, 3.05) is 5.32 Å². The zero-order chi connectivity index (χ0) is 16.9. The van der Waals surface area contributed by atoms with E-state index in [1.807, 2.05) is 41.8 Å². The SMILES string of the molecule is O=C(NCc1ccc(Cl)cc1)Nc1nc(-c2ccc(I)cc2)cs1. The third-order valence-corrected chi connectivity index (χ3v) is 4.96. The van der Waals surface area contributed by atoms with Gasteiger partial charge >= 0.3 is 6.03 Å². The second kappa shape index (κ2) is 7.96. The molecule has 0 aliphatic carbocycles. The van der Waals surface area contributed by atoms with Gasteiger partial charge in [0.1, 0.15) is 0 Å². The maximum Gasteiger partial charge on any atom is 0.321 e. The van der Waals surface area contributed by atoms with Gasteiger partial charge in [0.25, 0.3) is 0 Å². The molecule has 0 unspecified atom stereocenters. The molecule has 0 bridgehead atoms. The molecule has 4 nitrogen and oxygen atoms in total. The molecule has 2 aromatic carbocycles. The minimum atomic E-state index is -0.284. The molecule has 0 atom stereocenters. The number of nitrogens with zero attached hydrogens (tertiary/aromatic N) is 1. The molecule has 122 valence electrons. The largest absolute Gasteiger partial charge is 0.334 e. The summed E-state index contributed by atoms with van der Waals surface area (Å²) in [6.07, 6.45) is 0. The average Bonchev–Trinajstić information content (AvgIpc) is 3.03. The van der Waals surface area contributed by atoms with E-state index in [0.29, 0.717) is 16.7 Å². The van der Waals surface area contributed by atoms with Crippen LogP contribution >= 0.6 is 45.5 Å². The van der Waals surface area contributed by atoms with E-state index in [9.17, 15) is 4.79 Å². The summed E-state index contributed by atoms with van der Waals surface area (Å²) in [5.41, 5.74) is 2.86. The van der Waals surface area contributed by atoms with Gasteiger partial charge < -0.3 is 5.32 Å². The number of urea groups is 1. The van der Waals surface area contributed by atoms with Crippen molar-refractivity contribution < 1.29 is 4.79 Å². The molecule has 1 heterocycles. The Hall–Kier alpha value is -1.64. The summed E-state index contributed by atoms with van der Waals surface area (Å²) in [5.74, 6) is 0. The minimum absolute atomic E-state index is 0.284. The number of anilines is 1. The lowest BCUT2D eigenvalue weighted by Gasteiger charge is -2.05. The molecular formula is C17H13ClIN3OS. The van der Waals surface area contributed by atoms with Gasteiger partial charge in [0.15, 0.2) is 5.13 Å². The lowest BCUT2D eigenvalue weighted by molar-refractivity contribution is 0.251. The molecule has 2 N–H and O–H groups in total. The summed E-state index contributed by atoms with van der Waals surface area (Å²) in [4.78, 5) is 16.4. The monoisotopic (exact) mass is 469 g/mol. The lowest BCUT2D eigenvalue weighted by Crippen LogP contribution is -2.28.